The molecule has 24 heavy (non-hydrogen) atoms. The predicted octanol–water partition coefficient (Wildman–Crippen LogP) is 6.22. The summed E-state index contributed by atoms with van der Waals surface area (Å²) in [4.78, 5) is 0. The van der Waals surface area contributed by atoms with Gasteiger partial charge in [0.1, 0.15) is 6.07 Å². The molecule has 0 bridgehead atoms. The van der Waals surface area contributed by atoms with Crippen molar-refractivity contribution < 1.29 is 0 Å². The van der Waals surface area contributed by atoms with Gasteiger partial charge in [0, 0.05) is 12.0 Å². The van der Waals surface area contributed by atoms with Gasteiger partial charge >= 0.3 is 0 Å². The van der Waals surface area contributed by atoms with E-state index in [-0.39, 0.29) is 0 Å². The van der Waals surface area contributed by atoms with Crippen LogP contribution in [0, 0.1) is 35.0 Å². The number of nitriles is 1. The Hall–Kier alpha value is -2.17. The summed E-state index contributed by atoms with van der Waals surface area (Å²) in [5.74, 6) is 11.8. The molecular formula is C23H29N. The Morgan fingerprint density at radius 2 is 1.33 bits per heavy atom. The van der Waals surface area contributed by atoms with Crippen molar-refractivity contribution in [3.63, 3.8) is 0 Å². The standard InChI is InChI=1S/C23H29N/c1-2-3-4-5-6-7-8-9-10-11-12-13-14-15-18-22-19-16-17-20-23(22)21-24/h16-17,19-20H,2-12H2,1H3. The molecule has 1 aromatic carbocycles. The molecule has 0 aliphatic carbocycles. The number of nitrogens with zero attached hydrogens (tertiary/aromatic N) is 1. The zero-order valence-corrected chi connectivity index (χ0v) is 15.0. The Balaban J connectivity index is 2.06. The van der Waals surface area contributed by atoms with E-state index >= 15 is 0 Å². The third-order valence-corrected chi connectivity index (χ3v) is 4.05. The molecule has 1 rings (SSSR count). The molecule has 0 aliphatic heterocycles. The van der Waals surface area contributed by atoms with E-state index in [1.807, 2.05) is 18.2 Å². The van der Waals surface area contributed by atoms with Crippen molar-refractivity contribution in [1.82, 2.24) is 0 Å². The summed E-state index contributed by atoms with van der Waals surface area (Å²) in [5, 5.41) is 8.98. The first kappa shape index (κ1) is 19.9. The van der Waals surface area contributed by atoms with Gasteiger partial charge in [-0.3, -0.25) is 0 Å². The van der Waals surface area contributed by atoms with Crippen LogP contribution in [-0.4, -0.2) is 0 Å². The summed E-state index contributed by atoms with van der Waals surface area (Å²) in [6.07, 6.45) is 14.4. The summed E-state index contributed by atoms with van der Waals surface area (Å²) >= 11 is 0. The van der Waals surface area contributed by atoms with Crippen LogP contribution in [0.4, 0.5) is 0 Å². The molecule has 0 saturated heterocycles. The van der Waals surface area contributed by atoms with Crippen molar-refractivity contribution >= 4 is 0 Å². The number of hydrogen-bond acceptors (Lipinski definition) is 1. The van der Waals surface area contributed by atoms with E-state index in [9.17, 15) is 0 Å². The first-order chi connectivity index (χ1) is 11.9. The van der Waals surface area contributed by atoms with Crippen LogP contribution in [0.3, 0.4) is 0 Å². The van der Waals surface area contributed by atoms with Gasteiger partial charge in [0.05, 0.1) is 5.56 Å². The Labute approximate surface area is 148 Å². The second kappa shape index (κ2) is 14.4. The van der Waals surface area contributed by atoms with Crippen LogP contribution >= 0.6 is 0 Å². The van der Waals surface area contributed by atoms with Gasteiger partial charge in [0.25, 0.3) is 0 Å². The third-order valence-electron chi connectivity index (χ3n) is 4.05. The van der Waals surface area contributed by atoms with Crippen LogP contribution in [0.1, 0.15) is 88.7 Å². The Morgan fingerprint density at radius 1 is 0.750 bits per heavy atom. The largest absolute Gasteiger partial charge is 0.192 e. The van der Waals surface area contributed by atoms with Gasteiger partial charge in [-0.15, -0.1) is 0 Å². The fourth-order valence-electron chi connectivity index (χ4n) is 2.60. The van der Waals surface area contributed by atoms with Gasteiger partial charge in [-0.25, -0.2) is 0 Å². The lowest BCUT2D eigenvalue weighted by Crippen LogP contribution is -1.81. The Morgan fingerprint density at radius 3 is 1.96 bits per heavy atom. The van der Waals surface area contributed by atoms with Crippen LogP contribution in [0.25, 0.3) is 0 Å². The summed E-state index contributed by atoms with van der Waals surface area (Å²) in [7, 11) is 0. The van der Waals surface area contributed by atoms with Crippen molar-refractivity contribution in [2.45, 2.75) is 77.6 Å². The summed E-state index contributed by atoms with van der Waals surface area (Å²) < 4.78 is 0. The van der Waals surface area contributed by atoms with E-state index in [0.29, 0.717) is 5.56 Å². The Bertz CT molecular complexity index is 613. The lowest BCUT2D eigenvalue weighted by atomic mass is 10.1. The van der Waals surface area contributed by atoms with E-state index in [0.717, 1.165) is 12.0 Å². The zero-order chi connectivity index (χ0) is 17.3. The van der Waals surface area contributed by atoms with Gasteiger partial charge in [-0.1, -0.05) is 88.7 Å². The minimum Gasteiger partial charge on any atom is -0.192 e. The van der Waals surface area contributed by atoms with Crippen molar-refractivity contribution in [3.05, 3.63) is 35.4 Å². The maximum atomic E-state index is 8.98. The first-order valence-electron chi connectivity index (χ1n) is 9.36. The lowest BCUT2D eigenvalue weighted by molar-refractivity contribution is 0.558. The predicted molar refractivity (Wildman–Crippen MR) is 102 cm³/mol. The molecule has 1 aromatic rings. The van der Waals surface area contributed by atoms with E-state index in [1.165, 1.54) is 64.2 Å². The lowest BCUT2D eigenvalue weighted by Gasteiger charge is -2.00. The van der Waals surface area contributed by atoms with E-state index in [1.54, 1.807) is 6.07 Å². The molecule has 0 saturated carbocycles. The van der Waals surface area contributed by atoms with E-state index in [4.69, 9.17) is 5.26 Å². The maximum absolute atomic E-state index is 8.98. The SMILES string of the molecule is CCCCCCCCCCCCC#CC#Cc1ccccc1C#N. The van der Waals surface area contributed by atoms with Gasteiger partial charge in [0.15, 0.2) is 0 Å². The highest BCUT2D eigenvalue weighted by atomic mass is 14.2. The minimum atomic E-state index is 0.612. The zero-order valence-electron chi connectivity index (χ0n) is 15.0. The van der Waals surface area contributed by atoms with Crippen molar-refractivity contribution in [2.24, 2.45) is 0 Å². The van der Waals surface area contributed by atoms with Crippen molar-refractivity contribution in [1.29, 1.82) is 5.26 Å². The number of benzene rings is 1. The number of hydrogen-bond donors (Lipinski definition) is 0. The quantitative estimate of drug-likeness (QED) is 0.371. The normalized spacial score (nSPS) is 9.33. The van der Waals surface area contributed by atoms with Gasteiger partial charge < -0.3 is 0 Å². The summed E-state index contributed by atoms with van der Waals surface area (Å²) in [5.41, 5.74) is 1.37. The topological polar surface area (TPSA) is 23.8 Å². The molecule has 126 valence electrons. The number of unbranched alkanes of at least 4 members (excludes halogenated alkanes) is 10. The second-order valence-electron chi connectivity index (χ2n) is 6.14. The highest BCUT2D eigenvalue weighted by Gasteiger charge is 1.94. The maximum Gasteiger partial charge on any atom is 0.100 e. The smallest absolute Gasteiger partial charge is 0.100 e. The van der Waals surface area contributed by atoms with Crippen LogP contribution in [0.5, 0.6) is 0 Å². The van der Waals surface area contributed by atoms with E-state index < -0.39 is 0 Å². The molecule has 0 amide bonds. The molecule has 0 radical (unpaired) electrons. The van der Waals surface area contributed by atoms with Crippen LogP contribution in [0.15, 0.2) is 24.3 Å². The van der Waals surface area contributed by atoms with Gasteiger partial charge in [-0.05, 0) is 30.4 Å². The fourth-order valence-corrected chi connectivity index (χ4v) is 2.60. The molecule has 0 atom stereocenters. The van der Waals surface area contributed by atoms with Gasteiger partial charge in [-0.2, -0.15) is 5.26 Å². The number of rotatable bonds is 10. The molecule has 1 heteroatoms. The molecular weight excluding hydrogens is 290 g/mol. The molecule has 1 nitrogen and oxygen atoms in total. The Kier molecular flexibility index (Phi) is 11.9. The monoisotopic (exact) mass is 319 g/mol. The molecule has 0 aromatic heterocycles. The minimum absolute atomic E-state index is 0.612. The average molecular weight is 319 g/mol. The first-order valence-corrected chi connectivity index (χ1v) is 9.36. The fraction of sp³-hybridized carbons (Fsp3) is 0.522. The third kappa shape index (κ3) is 9.77. The summed E-state index contributed by atoms with van der Waals surface area (Å²) in [6, 6.07) is 9.52. The van der Waals surface area contributed by atoms with Gasteiger partial charge in [0.2, 0.25) is 0 Å². The van der Waals surface area contributed by atoms with Crippen LogP contribution < -0.4 is 0 Å². The molecule has 0 fully saturated rings. The molecule has 0 spiro atoms. The molecule has 0 unspecified atom stereocenters. The van der Waals surface area contributed by atoms with E-state index in [2.05, 4.69) is 36.7 Å². The van der Waals surface area contributed by atoms with Crippen LogP contribution in [0.2, 0.25) is 0 Å². The second-order valence-corrected chi connectivity index (χ2v) is 6.14. The summed E-state index contributed by atoms with van der Waals surface area (Å²) in [6.45, 7) is 2.26. The van der Waals surface area contributed by atoms with Crippen molar-refractivity contribution in [2.75, 3.05) is 0 Å². The molecule has 0 heterocycles. The highest BCUT2D eigenvalue weighted by Crippen LogP contribution is 2.11. The molecule has 0 aliphatic rings. The highest BCUT2D eigenvalue weighted by molar-refractivity contribution is 5.49. The van der Waals surface area contributed by atoms with Crippen LogP contribution in [-0.2, 0) is 0 Å². The van der Waals surface area contributed by atoms with Crippen molar-refractivity contribution in [3.8, 4) is 29.8 Å². The average Bonchev–Trinajstić information content (AvgIpc) is 2.62. The molecule has 0 N–H and O–H groups in total.